The normalized spacial score (nSPS) is 20.9. The van der Waals surface area contributed by atoms with Crippen LogP contribution < -0.4 is 20.1 Å². The number of hydrogen-bond donors (Lipinski definition) is 2. The second-order valence-corrected chi connectivity index (χ2v) is 11.0. The predicted molar refractivity (Wildman–Crippen MR) is 127 cm³/mol. The SMILES string of the molecule is COc1ccc(CCNC(=O)c2ccc(NC3=N[C@@H]4CS(=O)(=O)C[C@H]4S3)cc2)cc1OC. The highest BCUT2D eigenvalue weighted by molar-refractivity contribution is 8.15. The van der Waals surface area contributed by atoms with Crippen molar-refractivity contribution in [2.24, 2.45) is 4.99 Å². The Bertz CT molecular complexity index is 1130. The lowest BCUT2D eigenvalue weighted by Crippen LogP contribution is -2.25. The molecule has 2 atom stereocenters. The van der Waals surface area contributed by atoms with Crippen molar-refractivity contribution in [3.63, 3.8) is 0 Å². The zero-order valence-corrected chi connectivity index (χ0v) is 19.5. The number of carbonyl (C=O) groups is 1. The monoisotopic (exact) mass is 475 g/mol. The number of anilines is 1. The van der Waals surface area contributed by atoms with Crippen LogP contribution in [0.1, 0.15) is 15.9 Å². The first-order valence-electron chi connectivity index (χ1n) is 10.2. The number of ether oxygens (including phenoxy) is 2. The average Bonchev–Trinajstić information content (AvgIpc) is 3.26. The summed E-state index contributed by atoms with van der Waals surface area (Å²) in [7, 11) is 0.226. The van der Waals surface area contributed by atoms with E-state index >= 15 is 0 Å². The van der Waals surface area contributed by atoms with E-state index in [4.69, 9.17) is 9.47 Å². The minimum Gasteiger partial charge on any atom is -0.493 e. The van der Waals surface area contributed by atoms with Gasteiger partial charge in [0.05, 0.1) is 31.8 Å². The van der Waals surface area contributed by atoms with Crippen LogP contribution in [-0.4, -0.2) is 63.1 Å². The average molecular weight is 476 g/mol. The summed E-state index contributed by atoms with van der Waals surface area (Å²) >= 11 is 1.47. The Morgan fingerprint density at radius 3 is 2.53 bits per heavy atom. The Hall–Kier alpha value is -2.72. The number of amides is 1. The minimum atomic E-state index is -2.96. The summed E-state index contributed by atoms with van der Waals surface area (Å²) in [6.07, 6.45) is 0.667. The van der Waals surface area contributed by atoms with Crippen LogP contribution >= 0.6 is 11.8 Å². The van der Waals surface area contributed by atoms with Gasteiger partial charge in [-0.05, 0) is 48.4 Å². The van der Waals surface area contributed by atoms with Gasteiger partial charge in [0.25, 0.3) is 5.91 Å². The van der Waals surface area contributed by atoms with Crippen LogP contribution in [0.4, 0.5) is 5.69 Å². The molecule has 0 radical (unpaired) electrons. The number of carbonyl (C=O) groups excluding carboxylic acids is 1. The fraction of sp³-hybridized carbons (Fsp3) is 0.364. The number of amidine groups is 1. The van der Waals surface area contributed by atoms with Gasteiger partial charge in [0.2, 0.25) is 0 Å². The predicted octanol–water partition coefficient (Wildman–Crippen LogP) is 2.36. The van der Waals surface area contributed by atoms with Crippen molar-refractivity contribution in [1.29, 1.82) is 0 Å². The van der Waals surface area contributed by atoms with E-state index in [1.165, 1.54) is 11.8 Å². The molecule has 1 amide bonds. The van der Waals surface area contributed by atoms with Gasteiger partial charge < -0.3 is 20.1 Å². The van der Waals surface area contributed by atoms with Crippen molar-refractivity contribution in [2.75, 3.05) is 37.6 Å². The maximum Gasteiger partial charge on any atom is 0.251 e. The number of methoxy groups -OCH3 is 2. The smallest absolute Gasteiger partial charge is 0.251 e. The first kappa shape index (κ1) is 22.5. The first-order valence-corrected chi connectivity index (χ1v) is 12.9. The third-order valence-electron chi connectivity index (χ3n) is 5.36. The van der Waals surface area contributed by atoms with Crippen LogP contribution in [0.25, 0.3) is 0 Å². The summed E-state index contributed by atoms with van der Waals surface area (Å²) in [5, 5.41) is 6.86. The van der Waals surface area contributed by atoms with E-state index in [9.17, 15) is 13.2 Å². The number of nitrogens with zero attached hydrogens (tertiary/aromatic N) is 1. The van der Waals surface area contributed by atoms with Gasteiger partial charge in [0.1, 0.15) is 0 Å². The highest BCUT2D eigenvalue weighted by Gasteiger charge is 2.42. The van der Waals surface area contributed by atoms with Crippen molar-refractivity contribution < 1.29 is 22.7 Å². The van der Waals surface area contributed by atoms with E-state index in [0.29, 0.717) is 30.0 Å². The Morgan fingerprint density at radius 2 is 1.84 bits per heavy atom. The zero-order chi connectivity index (χ0) is 22.7. The largest absolute Gasteiger partial charge is 0.493 e. The molecule has 10 heteroatoms. The van der Waals surface area contributed by atoms with Crippen LogP contribution in [0.3, 0.4) is 0 Å². The summed E-state index contributed by atoms with van der Waals surface area (Å²) in [5.41, 5.74) is 2.41. The quantitative estimate of drug-likeness (QED) is 0.633. The van der Waals surface area contributed by atoms with Crippen molar-refractivity contribution in [2.45, 2.75) is 17.7 Å². The molecule has 4 rings (SSSR count). The number of sulfone groups is 1. The Labute approximate surface area is 191 Å². The maximum absolute atomic E-state index is 12.4. The van der Waals surface area contributed by atoms with Crippen LogP contribution in [0.2, 0.25) is 0 Å². The zero-order valence-electron chi connectivity index (χ0n) is 17.8. The maximum atomic E-state index is 12.4. The summed E-state index contributed by atoms with van der Waals surface area (Å²) in [5.74, 6) is 1.49. The molecule has 2 aliphatic heterocycles. The molecule has 1 saturated heterocycles. The second-order valence-electron chi connectivity index (χ2n) is 7.63. The molecule has 0 saturated carbocycles. The van der Waals surface area contributed by atoms with E-state index in [1.54, 1.807) is 26.4 Å². The van der Waals surface area contributed by atoms with E-state index in [0.717, 1.165) is 16.4 Å². The standard InChI is InChI=1S/C22H25N3O5S2/c1-29-18-8-3-14(11-19(18)30-2)9-10-23-21(26)15-4-6-16(7-5-15)24-22-25-17-12-32(27,28)13-20(17)31-22/h3-8,11,17,20H,9-10,12-13H2,1-2H3,(H,23,26)(H,24,25)/t17-,20-/m1/s1. The van der Waals surface area contributed by atoms with Gasteiger partial charge in [-0.25, -0.2) is 8.42 Å². The molecule has 2 aromatic carbocycles. The molecule has 170 valence electrons. The second kappa shape index (κ2) is 9.41. The Morgan fingerprint density at radius 1 is 1.09 bits per heavy atom. The molecule has 32 heavy (non-hydrogen) atoms. The molecule has 0 unspecified atom stereocenters. The lowest BCUT2D eigenvalue weighted by atomic mass is 10.1. The van der Waals surface area contributed by atoms with Crippen LogP contribution in [0.15, 0.2) is 47.5 Å². The highest BCUT2D eigenvalue weighted by atomic mass is 32.2. The molecule has 0 bridgehead atoms. The number of rotatable bonds is 7. The number of hydrogen-bond acceptors (Lipinski definition) is 8. The van der Waals surface area contributed by atoms with Gasteiger partial charge in [-0.1, -0.05) is 17.8 Å². The number of nitrogens with one attached hydrogen (secondary N) is 2. The van der Waals surface area contributed by atoms with Gasteiger partial charge in [-0.15, -0.1) is 0 Å². The Kier molecular flexibility index (Phi) is 6.61. The first-order chi connectivity index (χ1) is 15.4. The highest BCUT2D eigenvalue weighted by Crippen LogP contribution is 2.34. The molecule has 2 heterocycles. The van der Waals surface area contributed by atoms with E-state index in [-0.39, 0.29) is 28.7 Å². The molecule has 0 aliphatic carbocycles. The van der Waals surface area contributed by atoms with Crippen molar-refractivity contribution >= 4 is 38.4 Å². The van der Waals surface area contributed by atoms with Crippen molar-refractivity contribution in [3.05, 3.63) is 53.6 Å². The topological polar surface area (TPSA) is 106 Å². The van der Waals surface area contributed by atoms with Crippen LogP contribution in [0, 0.1) is 0 Å². The lowest BCUT2D eigenvalue weighted by molar-refractivity contribution is 0.0954. The Balaban J connectivity index is 1.27. The molecule has 2 aromatic rings. The summed E-state index contributed by atoms with van der Waals surface area (Å²) in [4.78, 5) is 16.9. The molecule has 2 aliphatic rings. The summed E-state index contributed by atoms with van der Waals surface area (Å²) in [6.45, 7) is 0.494. The third kappa shape index (κ3) is 5.18. The molecule has 0 aromatic heterocycles. The fourth-order valence-corrected chi connectivity index (χ4v) is 7.38. The summed E-state index contributed by atoms with van der Waals surface area (Å²) in [6, 6.07) is 12.7. The number of benzene rings is 2. The number of aliphatic imine (C=N–C) groups is 1. The van der Waals surface area contributed by atoms with E-state index in [2.05, 4.69) is 15.6 Å². The van der Waals surface area contributed by atoms with Gasteiger partial charge >= 0.3 is 0 Å². The van der Waals surface area contributed by atoms with E-state index in [1.807, 2.05) is 30.3 Å². The van der Waals surface area contributed by atoms with Gasteiger partial charge in [-0.2, -0.15) is 0 Å². The molecule has 8 nitrogen and oxygen atoms in total. The molecular formula is C22H25N3O5S2. The third-order valence-corrected chi connectivity index (χ3v) is 8.51. The molecular weight excluding hydrogens is 450 g/mol. The van der Waals surface area contributed by atoms with Gasteiger partial charge in [0.15, 0.2) is 26.5 Å². The number of thioether (sulfide) groups is 1. The van der Waals surface area contributed by atoms with Crippen molar-refractivity contribution in [3.8, 4) is 11.5 Å². The molecule has 0 spiro atoms. The van der Waals surface area contributed by atoms with E-state index < -0.39 is 9.84 Å². The van der Waals surface area contributed by atoms with Crippen LogP contribution in [0.5, 0.6) is 11.5 Å². The minimum absolute atomic E-state index is 0.00165. The van der Waals surface area contributed by atoms with Crippen molar-refractivity contribution in [1.82, 2.24) is 5.32 Å². The molecule has 1 fully saturated rings. The van der Waals surface area contributed by atoms with Gasteiger partial charge in [-0.3, -0.25) is 9.79 Å². The molecule has 2 N–H and O–H groups in total. The lowest BCUT2D eigenvalue weighted by Gasteiger charge is -2.10. The fourth-order valence-electron chi connectivity index (χ4n) is 3.70. The number of fused-ring (bicyclic) bond motifs is 1. The summed E-state index contributed by atoms with van der Waals surface area (Å²) < 4.78 is 33.9. The van der Waals surface area contributed by atoms with Gasteiger partial charge in [0, 0.05) is 23.0 Å². The van der Waals surface area contributed by atoms with Crippen LogP contribution in [-0.2, 0) is 16.3 Å².